The molecule has 0 aliphatic carbocycles. The minimum atomic E-state index is -3.30. The number of imide groups is 2. The molecule has 8 rings (SSSR count). The number of rotatable bonds is 13. The number of nitrogens with zero attached hydrogens (tertiary/aromatic N) is 6. The van der Waals surface area contributed by atoms with Gasteiger partial charge < -0.3 is 15.1 Å². The Bertz CT molecular complexity index is 2560. The summed E-state index contributed by atoms with van der Waals surface area (Å²) in [6, 6.07) is 24.6. The van der Waals surface area contributed by atoms with Crippen molar-refractivity contribution in [2.75, 3.05) is 42.7 Å². The fraction of sp³-hybridized carbons (Fsp3) is 0.326. The summed E-state index contributed by atoms with van der Waals surface area (Å²) < 4.78 is 25.5. The maximum absolute atomic E-state index is 13.1. The first-order chi connectivity index (χ1) is 28.4. The molecule has 2 aromatic heterocycles. The predicted molar refractivity (Wildman–Crippen MR) is 220 cm³/mol. The van der Waals surface area contributed by atoms with Crippen LogP contribution in [0.5, 0.6) is 0 Å². The van der Waals surface area contributed by atoms with E-state index < -0.39 is 39.5 Å². The van der Waals surface area contributed by atoms with Gasteiger partial charge in [-0.25, -0.2) is 12.9 Å². The van der Waals surface area contributed by atoms with Crippen molar-refractivity contribution < 1.29 is 32.4 Å². The summed E-state index contributed by atoms with van der Waals surface area (Å²) >= 11 is 0. The van der Waals surface area contributed by atoms with Crippen LogP contribution < -0.4 is 15.5 Å². The highest BCUT2D eigenvalue weighted by Gasteiger charge is 2.44. The Morgan fingerprint density at radius 1 is 0.831 bits per heavy atom. The molecule has 1 atom stereocenters. The van der Waals surface area contributed by atoms with E-state index in [1.165, 1.54) is 6.26 Å². The second kappa shape index (κ2) is 16.4. The van der Waals surface area contributed by atoms with Gasteiger partial charge in [0.25, 0.3) is 11.8 Å². The van der Waals surface area contributed by atoms with Crippen molar-refractivity contribution in [2.24, 2.45) is 0 Å². The first kappa shape index (κ1) is 39.4. The molecule has 0 bridgehead atoms. The van der Waals surface area contributed by atoms with E-state index in [1.807, 2.05) is 53.4 Å². The van der Waals surface area contributed by atoms with E-state index in [0.717, 1.165) is 78.3 Å². The van der Waals surface area contributed by atoms with Crippen LogP contribution in [0.25, 0.3) is 16.9 Å². The number of aromatic nitrogens is 3. The lowest BCUT2D eigenvalue weighted by Gasteiger charge is -2.36. The van der Waals surface area contributed by atoms with Gasteiger partial charge in [0.1, 0.15) is 6.04 Å². The Kier molecular flexibility index (Phi) is 11.0. The van der Waals surface area contributed by atoms with Crippen LogP contribution in [0.4, 0.5) is 17.3 Å². The monoisotopic (exact) mass is 816 g/mol. The second-order valence-corrected chi connectivity index (χ2v) is 17.2. The number of nitrogens with one attached hydrogen (secondary N) is 2. The normalized spacial score (nSPS) is 17.1. The second-order valence-electron chi connectivity index (χ2n) is 15.2. The van der Waals surface area contributed by atoms with E-state index in [2.05, 4.69) is 25.6 Å². The van der Waals surface area contributed by atoms with Crippen LogP contribution in [0.3, 0.4) is 0 Å². The van der Waals surface area contributed by atoms with Crippen LogP contribution in [0.2, 0.25) is 0 Å². The molecule has 3 aromatic carbocycles. The number of piperazine rings is 1. The molecule has 2 N–H and O–H groups in total. The molecule has 59 heavy (non-hydrogen) atoms. The molecule has 3 aliphatic rings. The Morgan fingerprint density at radius 2 is 1.56 bits per heavy atom. The lowest BCUT2D eigenvalue weighted by atomic mass is 10.0. The third-order valence-electron chi connectivity index (χ3n) is 11.2. The zero-order valence-corrected chi connectivity index (χ0v) is 33.4. The van der Waals surface area contributed by atoms with Gasteiger partial charge in [-0.15, -0.1) is 5.10 Å². The standard InChI is InChI=1S/C43H44N8O7S/c1-59(57,58)32-18-12-29(13-19-32)35-8-6-9-37-45-43(47-51(35)37)44-30-14-16-31(17-15-30)48-23-25-49(26-24-48)39(53)10-5-3-2-4-7-28-11-20-33-34(27-28)42(56)50(41(33)55)36-21-22-38(52)46-40(36)54/h6,8-9,11-20,27,36H,2-5,7,10,21-26H2,1H3,(H,44,47)(H,46,52,54). The summed E-state index contributed by atoms with van der Waals surface area (Å²) in [5, 5.41) is 10.2. The van der Waals surface area contributed by atoms with Crippen LogP contribution in [0.1, 0.15) is 71.2 Å². The topological polar surface area (TPSA) is 183 Å². The smallest absolute Gasteiger partial charge is 0.262 e. The van der Waals surface area contributed by atoms with Gasteiger partial charge in [0.05, 0.1) is 21.7 Å². The van der Waals surface area contributed by atoms with Gasteiger partial charge in [0, 0.05) is 62.2 Å². The largest absolute Gasteiger partial charge is 0.368 e. The number of hydrogen-bond donors (Lipinski definition) is 2. The molecule has 0 radical (unpaired) electrons. The molecule has 2 fully saturated rings. The number of pyridine rings is 1. The highest BCUT2D eigenvalue weighted by molar-refractivity contribution is 7.90. The fourth-order valence-electron chi connectivity index (χ4n) is 7.94. The number of benzene rings is 3. The summed E-state index contributed by atoms with van der Waals surface area (Å²) in [7, 11) is -3.30. The number of anilines is 3. The molecule has 15 nitrogen and oxygen atoms in total. The highest BCUT2D eigenvalue weighted by Crippen LogP contribution is 2.29. The highest BCUT2D eigenvalue weighted by atomic mass is 32.2. The Labute approximate surface area is 341 Å². The zero-order chi connectivity index (χ0) is 41.3. The molecule has 0 spiro atoms. The molecule has 5 amide bonds. The molecule has 2 saturated heterocycles. The summed E-state index contributed by atoms with van der Waals surface area (Å²) in [6.07, 6.45) is 6.13. The fourth-order valence-corrected chi connectivity index (χ4v) is 8.57. The number of carbonyl (C=O) groups excluding carboxylic acids is 5. The van der Waals surface area contributed by atoms with Crippen LogP contribution in [-0.2, 0) is 30.6 Å². The lowest BCUT2D eigenvalue weighted by molar-refractivity contribution is -0.136. The van der Waals surface area contributed by atoms with Gasteiger partial charge >= 0.3 is 0 Å². The third kappa shape index (κ3) is 8.44. The molecule has 3 aliphatic heterocycles. The quantitative estimate of drug-likeness (QED) is 0.123. The maximum atomic E-state index is 13.1. The van der Waals surface area contributed by atoms with Crippen molar-refractivity contribution >= 4 is 62.3 Å². The average molecular weight is 817 g/mol. The van der Waals surface area contributed by atoms with E-state index in [-0.39, 0.29) is 29.2 Å². The van der Waals surface area contributed by atoms with Gasteiger partial charge in [0.15, 0.2) is 15.5 Å². The number of aryl methyl sites for hydroxylation is 1. The number of piperidine rings is 1. The Balaban J connectivity index is 0.757. The van der Waals surface area contributed by atoms with Gasteiger partial charge in [-0.05, 0) is 91.9 Å². The van der Waals surface area contributed by atoms with Crippen molar-refractivity contribution in [3.8, 4) is 11.3 Å². The molecule has 0 saturated carbocycles. The number of amides is 5. The van der Waals surface area contributed by atoms with Gasteiger partial charge in [-0.2, -0.15) is 4.98 Å². The molecule has 16 heteroatoms. The summed E-state index contributed by atoms with van der Waals surface area (Å²) in [5.74, 6) is -1.43. The first-order valence-corrected chi connectivity index (χ1v) is 21.7. The minimum Gasteiger partial charge on any atom is -0.368 e. The summed E-state index contributed by atoms with van der Waals surface area (Å²) in [5.41, 5.74) is 5.65. The van der Waals surface area contributed by atoms with Crippen molar-refractivity contribution in [1.29, 1.82) is 0 Å². The number of hydrogen-bond acceptors (Lipinski definition) is 11. The molecule has 5 heterocycles. The van der Waals surface area contributed by atoms with Crippen molar-refractivity contribution in [2.45, 2.75) is 62.3 Å². The molecule has 304 valence electrons. The van der Waals surface area contributed by atoms with Crippen molar-refractivity contribution in [3.63, 3.8) is 0 Å². The van der Waals surface area contributed by atoms with E-state index in [9.17, 15) is 32.4 Å². The van der Waals surface area contributed by atoms with Gasteiger partial charge in [0.2, 0.25) is 23.7 Å². The van der Waals surface area contributed by atoms with Gasteiger partial charge in [-0.1, -0.05) is 37.1 Å². The van der Waals surface area contributed by atoms with Crippen LogP contribution in [0, 0.1) is 0 Å². The van der Waals surface area contributed by atoms with Crippen LogP contribution in [0.15, 0.2) is 89.8 Å². The molecular formula is C43H44N8O7S. The average Bonchev–Trinajstić information content (AvgIpc) is 3.75. The Morgan fingerprint density at radius 3 is 2.29 bits per heavy atom. The third-order valence-corrected chi connectivity index (χ3v) is 12.3. The number of fused-ring (bicyclic) bond motifs is 2. The number of unbranched alkanes of at least 4 members (excludes halogenated alkanes) is 3. The number of carbonyl (C=O) groups is 5. The van der Waals surface area contributed by atoms with Crippen LogP contribution in [-0.4, -0.2) is 101 Å². The molecule has 1 unspecified atom stereocenters. The predicted octanol–water partition coefficient (Wildman–Crippen LogP) is 4.79. The number of sulfone groups is 1. The van der Waals surface area contributed by atoms with E-state index >= 15 is 0 Å². The molecule has 5 aromatic rings. The van der Waals surface area contributed by atoms with E-state index in [4.69, 9.17) is 0 Å². The lowest BCUT2D eigenvalue weighted by Crippen LogP contribution is -2.54. The van der Waals surface area contributed by atoms with Gasteiger partial charge in [-0.3, -0.25) is 34.2 Å². The van der Waals surface area contributed by atoms with Crippen molar-refractivity contribution in [3.05, 3.63) is 102 Å². The summed E-state index contributed by atoms with van der Waals surface area (Å²) in [6.45, 7) is 2.79. The van der Waals surface area contributed by atoms with Crippen molar-refractivity contribution in [1.82, 2.24) is 29.7 Å². The SMILES string of the molecule is CS(=O)(=O)c1ccc(-c2cccc3nc(Nc4ccc(N5CCN(C(=O)CCCCCCc6ccc7c(c6)C(=O)N(C6CCC(=O)NC6=O)C7=O)CC5)cc4)nn23)cc1. The minimum absolute atomic E-state index is 0.0820. The summed E-state index contributed by atoms with van der Waals surface area (Å²) in [4.78, 5) is 73.1. The Hall–Kier alpha value is -6.42. The van der Waals surface area contributed by atoms with Crippen LogP contribution >= 0.6 is 0 Å². The van der Waals surface area contributed by atoms with E-state index in [0.29, 0.717) is 36.7 Å². The maximum Gasteiger partial charge on any atom is 0.262 e. The molecular weight excluding hydrogens is 773 g/mol. The first-order valence-electron chi connectivity index (χ1n) is 19.8. The zero-order valence-electron chi connectivity index (χ0n) is 32.6. The van der Waals surface area contributed by atoms with E-state index in [1.54, 1.807) is 40.9 Å².